The summed E-state index contributed by atoms with van der Waals surface area (Å²) in [5.41, 5.74) is 1.02. The van der Waals surface area contributed by atoms with Crippen molar-refractivity contribution in [1.82, 2.24) is 0 Å². The second-order valence-corrected chi connectivity index (χ2v) is 4.44. The Bertz CT molecular complexity index is 710. The van der Waals surface area contributed by atoms with Crippen molar-refractivity contribution in [2.45, 2.75) is 6.92 Å². The molecule has 0 aromatic heterocycles. The number of halogens is 1. The van der Waals surface area contributed by atoms with Gasteiger partial charge in [-0.2, -0.15) is 0 Å². The van der Waals surface area contributed by atoms with Crippen LogP contribution in [0.4, 0.5) is 15.8 Å². The van der Waals surface area contributed by atoms with Gasteiger partial charge in [0, 0.05) is 5.69 Å². The second kappa shape index (κ2) is 7.12. The molecule has 2 aromatic rings. The molecule has 0 heterocycles. The summed E-state index contributed by atoms with van der Waals surface area (Å²) < 4.78 is 12.8. The topological polar surface area (TPSA) is 74.0 Å². The summed E-state index contributed by atoms with van der Waals surface area (Å²) >= 11 is 0. The van der Waals surface area contributed by atoms with E-state index in [4.69, 9.17) is 5.21 Å². The van der Waals surface area contributed by atoms with Gasteiger partial charge in [0.15, 0.2) is 5.71 Å². The Morgan fingerprint density at radius 2 is 1.73 bits per heavy atom. The normalized spacial score (nSPS) is 12.1. The maximum atomic E-state index is 12.8. The molecule has 112 valence electrons. The van der Waals surface area contributed by atoms with Gasteiger partial charge in [0.2, 0.25) is 0 Å². The van der Waals surface area contributed by atoms with Gasteiger partial charge in [-0.25, -0.2) is 4.39 Å². The molecule has 0 atom stereocenters. The summed E-state index contributed by atoms with van der Waals surface area (Å²) in [5.74, 6) is -0.966. The zero-order valence-corrected chi connectivity index (χ0v) is 11.8. The van der Waals surface area contributed by atoms with Gasteiger partial charge in [-0.05, 0) is 43.3 Å². The lowest BCUT2D eigenvalue weighted by atomic mass is 10.2. The lowest BCUT2D eigenvalue weighted by Crippen LogP contribution is -2.28. The third-order valence-electron chi connectivity index (χ3n) is 2.81. The minimum absolute atomic E-state index is 0.211. The van der Waals surface area contributed by atoms with Crippen molar-refractivity contribution in [2.75, 3.05) is 5.32 Å². The molecule has 2 N–H and O–H groups in total. The number of nitrogens with zero attached hydrogens (tertiary/aromatic N) is 2. The second-order valence-electron chi connectivity index (χ2n) is 4.44. The van der Waals surface area contributed by atoms with E-state index in [1.807, 2.05) is 6.07 Å². The number of aliphatic imine (C=N–C) groups is 1. The van der Waals surface area contributed by atoms with Crippen LogP contribution in [0.2, 0.25) is 0 Å². The van der Waals surface area contributed by atoms with E-state index in [2.05, 4.69) is 15.5 Å². The first-order valence-electron chi connectivity index (χ1n) is 6.50. The Kier molecular flexibility index (Phi) is 4.98. The molecular formula is C16H14FN3O2. The largest absolute Gasteiger partial charge is 0.410 e. The van der Waals surface area contributed by atoms with Crippen molar-refractivity contribution in [3.63, 3.8) is 0 Å². The molecule has 2 rings (SSSR count). The van der Waals surface area contributed by atoms with Crippen LogP contribution in [-0.2, 0) is 4.79 Å². The maximum absolute atomic E-state index is 12.8. The lowest BCUT2D eigenvalue weighted by Gasteiger charge is -2.06. The van der Waals surface area contributed by atoms with Gasteiger partial charge < -0.3 is 10.5 Å². The number of rotatable bonds is 4. The fourth-order valence-electron chi connectivity index (χ4n) is 1.76. The van der Waals surface area contributed by atoms with Crippen LogP contribution >= 0.6 is 0 Å². The van der Waals surface area contributed by atoms with E-state index in [-0.39, 0.29) is 17.2 Å². The number of anilines is 1. The Balaban J connectivity index is 2.16. The van der Waals surface area contributed by atoms with Gasteiger partial charge in [0.25, 0.3) is 5.91 Å². The lowest BCUT2D eigenvalue weighted by molar-refractivity contribution is -0.110. The van der Waals surface area contributed by atoms with Crippen molar-refractivity contribution in [2.24, 2.45) is 10.1 Å². The predicted molar refractivity (Wildman–Crippen MR) is 83.5 cm³/mol. The number of hydrogen-bond donors (Lipinski definition) is 2. The average Bonchev–Trinajstić information content (AvgIpc) is 2.51. The molecule has 1 amide bonds. The number of amides is 1. The van der Waals surface area contributed by atoms with Crippen LogP contribution < -0.4 is 5.32 Å². The van der Waals surface area contributed by atoms with Gasteiger partial charge in [-0.1, -0.05) is 23.4 Å². The third-order valence-corrected chi connectivity index (χ3v) is 2.81. The Hall–Kier alpha value is -3.02. The van der Waals surface area contributed by atoms with Gasteiger partial charge in [-0.15, -0.1) is 0 Å². The van der Waals surface area contributed by atoms with Gasteiger partial charge in [0.1, 0.15) is 5.82 Å². The van der Waals surface area contributed by atoms with Gasteiger partial charge >= 0.3 is 0 Å². The summed E-state index contributed by atoms with van der Waals surface area (Å²) in [6.07, 6.45) is 0. The highest BCUT2D eigenvalue weighted by atomic mass is 19.1. The van der Waals surface area contributed by atoms with E-state index in [1.165, 1.54) is 31.2 Å². The number of carbonyl (C=O) groups is 1. The minimum Gasteiger partial charge on any atom is -0.410 e. The van der Waals surface area contributed by atoms with E-state index in [1.54, 1.807) is 24.3 Å². The smallest absolute Gasteiger partial charge is 0.279 e. The van der Waals surface area contributed by atoms with Crippen molar-refractivity contribution in [3.8, 4) is 0 Å². The molecule has 0 radical (unpaired) electrons. The zero-order valence-electron chi connectivity index (χ0n) is 11.8. The Morgan fingerprint density at radius 1 is 1.09 bits per heavy atom. The van der Waals surface area contributed by atoms with Crippen LogP contribution in [0.5, 0.6) is 0 Å². The number of para-hydroxylation sites is 1. The van der Waals surface area contributed by atoms with Crippen molar-refractivity contribution >= 4 is 28.7 Å². The van der Waals surface area contributed by atoms with Crippen LogP contribution in [0.25, 0.3) is 0 Å². The molecule has 0 aliphatic heterocycles. The van der Waals surface area contributed by atoms with E-state index in [0.717, 1.165) is 0 Å². The van der Waals surface area contributed by atoms with E-state index in [0.29, 0.717) is 11.4 Å². The number of carbonyl (C=O) groups excluding carboxylic acids is 1. The van der Waals surface area contributed by atoms with Crippen LogP contribution in [0.15, 0.2) is 64.7 Å². The van der Waals surface area contributed by atoms with Gasteiger partial charge in [0.05, 0.1) is 11.4 Å². The molecular weight excluding hydrogens is 285 g/mol. The Morgan fingerprint density at radius 3 is 2.32 bits per heavy atom. The molecule has 0 aliphatic rings. The SMILES string of the molecule is CC(=Nc1ccc(F)cc1)/C(=N\O)C(=O)Nc1ccccc1. The first kappa shape index (κ1) is 15.4. The number of hydrogen-bond acceptors (Lipinski definition) is 4. The summed E-state index contributed by atoms with van der Waals surface area (Å²) in [6, 6.07) is 14.2. The minimum atomic E-state index is -0.586. The molecule has 0 bridgehead atoms. The van der Waals surface area contributed by atoms with E-state index >= 15 is 0 Å². The van der Waals surface area contributed by atoms with Crippen LogP contribution in [-0.4, -0.2) is 22.5 Å². The summed E-state index contributed by atoms with van der Waals surface area (Å²) in [4.78, 5) is 16.2. The molecule has 0 saturated heterocycles. The van der Waals surface area contributed by atoms with E-state index in [9.17, 15) is 9.18 Å². The van der Waals surface area contributed by atoms with Crippen LogP contribution in [0.3, 0.4) is 0 Å². The number of benzene rings is 2. The number of oxime groups is 1. The molecule has 5 nitrogen and oxygen atoms in total. The summed E-state index contributed by atoms with van der Waals surface area (Å²) in [6.45, 7) is 1.53. The fourth-order valence-corrected chi connectivity index (χ4v) is 1.76. The maximum Gasteiger partial charge on any atom is 0.279 e. The van der Waals surface area contributed by atoms with Gasteiger partial charge in [-0.3, -0.25) is 9.79 Å². The average molecular weight is 299 g/mol. The first-order valence-corrected chi connectivity index (χ1v) is 6.50. The predicted octanol–water partition coefficient (Wildman–Crippen LogP) is 3.39. The molecule has 6 heteroatoms. The number of nitrogens with one attached hydrogen (secondary N) is 1. The molecule has 0 unspecified atom stereocenters. The zero-order chi connectivity index (χ0) is 15.9. The van der Waals surface area contributed by atoms with E-state index < -0.39 is 5.91 Å². The highest BCUT2D eigenvalue weighted by molar-refractivity contribution is 6.68. The summed E-state index contributed by atoms with van der Waals surface area (Å²) in [7, 11) is 0. The fraction of sp³-hybridized carbons (Fsp3) is 0.0625. The van der Waals surface area contributed by atoms with Crippen molar-refractivity contribution < 1.29 is 14.4 Å². The molecule has 0 fully saturated rings. The molecule has 0 aliphatic carbocycles. The monoisotopic (exact) mass is 299 g/mol. The molecule has 22 heavy (non-hydrogen) atoms. The standard InChI is InChI=1S/C16H14FN3O2/c1-11(18-14-9-7-12(17)8-10-14)15(20-22)16(21)19-13-5-3-2-4-6-13/h2-10,22H,1H3,(H,19,21)/b18-11?,20-15+. The summed E-state index contributed by atoms with van der Waals surface area (Å²) in [5, 5.41) is 14.6. The highest BCUT2D eigenvalue weighted by Crippen LogP contribution is 2.13. The first-order chi connectivity index (χ1) is 10.6. The highest BCUT2D eigenvalue weighted by Gasteiger charge is 2.16. The van der Waals surface area contributed by atoms with Crippen molar-refractivity contribution in [3.05, 3.63) is 60.4 Å². The molecule has 0 spiro atoms. The molecule has 0 saturated carbocycles. The molecule has 2 aromatic carbocycles. The van der Waals surface area contributed by atoms with Crippen LogP contribution in [0, 0.1) is 5.82 Å². The third kappa shape index (κ3) is 3.99. The Labute approximate surface area is 126 Å². The quantitative estimate of drug-likeness (QED) is 0.516. The van der Waals surface area contributed by atoms with Crippen molar-refractivity contribution in [1.29, 1.82) is 0 Å². The van der Waals surface area contributed by atoms with Crippen LogP contribution in [0.1, 0.15) is 6.92 Å².